The van der Waals surface area contributed by atoms with Crippen LogP contribution in [0.5, 0.6) is 0 Å². The minimum absolute atomic E-state index is 0.0981. The van der Waals surface area contributed by atoms with Crippen molar-refractivity contribution >= 4 is 10.0 Å². The molecule has 0 aliphatic rings. The van der Waals surface area contributed by atoms with Gasteiger partial charge in [0.2, 0.25) is 10.0 Å². The Morgan fingerprint density at radius 3 is 2.00 bits per heavy atom. The minimum atomic E-state index is -3.35. The first-order valence-electron chi connectivity index (χ1n) is 4.43. The summed E-state index contributed by atoms with van der Waals surface area (Å²) in [6.07, 6.45) is 0. The smallest absolute Gasteiger partial charge is 0.216 e. The van der Waals surface area contributed by atoms with E-state index in [2.05, 4.69) is 4.72 Å². The van der Waals surface area contributed by atoms with Gasteiger partial charge in [-0.1, -0.05) is 13.8 Å². The monoisotopic (exact) mass is 209 g/mol. The van der Waals surface area contributed by atoms with Crippen LogP contribution in [0.2, 0.25) is 0 Å². The van der Waals surface area contributed by atoms with Crippen LogP contribution in [0, 0.1) is 5.92 Å². The highest BCUT2D eigenvalue weighted by Crippen LogP contribution is 2.05. The number of sulfonamides is 1. The Hall–Kier alpha value is -0.130. The van der Waals surface area contributed by atoms with Crippen molar-refractivity contribution in [3.05, 3.63) is 0 Å². The third-order valence-corrected chi connectivity index (χ3v) is 4.05. The maximum absolute atomic E-state index is 11.4. The zero-order chi connectivity index (χ0) is 10.6. The molecule has 5 heteroatoms. The fourth-order valence-electron chi connectivity index (χ4n) is 0.609. The molecule has 0 rings (SSSR count). The molecule has 0 radical (unpaired) electrons. The normalized spacial score (nSPS) is 17.4. The molecule has 0 amide bonds. The van der Waals surface area contributed by atoms with Gasteiger partial charge in [-0.2, -0.15) is 0 Å². The van der Waals surface area contributed by atoms with Crippen LogP contribution >= 0.6 is 0 Å². The van der Waals surface area contributed by atoms with Gasteiger partial charge in [0.25, 0.3) is 0 Å². The van der Waals surface area contributed by atoms with Crippen LogP contribution in [0.15, 0.2) is 0 Å². The summed E-state index contributed by atoms with van der Waals surface area (Å²) in [5.41, 5.74) is 0. The first-order chi connectivity index (χ1) is 5.81. The maximum Gasteiger partial charge on any atom is 0.216 e. The highest BCUT2D eigenvalue weighted by molar-refractivity contribution is 7.90. The second-order valence-electron chi connectivity index (χ2n) is 3.69. The lowest BCUT2D eigenvalue weighted by Crippen LogP contribution is -2.42. The largest absolute Gasteiger partial charge is 0.395 e. The molecule has 4 nitrogen and oxygen atoms in total. The zero-order valence-corrected chi connectivity index (χ0v) is 9.43. The molecule has 2 unspecified atom stereocenters. The predicted octanol–water partition coefficient (Wildman–Crippen LogP) is 0.331. The van der Waals surface area contributed by atoms with Gasteiger partial charge in [-0.25, -0.2) is 13.1 Å². The van der Waals surface area contributed by atoms with Crippen LogP contribution in [-0.4, -0.2) is 31.4 Å². The van der Waals surface area contributed by atoms with E-state index >= 15 is 0 Å². The van der Waals surface area contributed by atoms with Crippen molar-refractivity contribution in [3.63, 3.8) is 0 Å². The van der Waals surface area contributed by atoms with Gasteiger partial charge in [0.1, 0.15) is 0 Å². The van der Waals surface area contributed by atoms with Gasteiger partial charge in [0, 0.05) is 6.04 Å². The van der Waals surface area contributed by atoms with Crippen molar-refractivity contribution in [2.45, 2.75) is 39.0 Å². The number of nitrogens with one attached hydrogen (secondary N) is 1. The maximum atomic E-state index is 11.4. The molecule has 0 fully saturated rings. The van der Waals surface area contributed by atoms with Crippen molar-refractivity contribution in [1.82, 2.24) is 4.72 Å². The summed E-state index contributed by atoms with van der Waals surface area (Å²) in [6.45, 7) is 6.83. The molecule has 0 saturated heterocycles. The van der Waals surface area contributed by atoms with E-state index in [1.165, 1.54) is 6.92 Å². The lowest BCUT2D eigenvalue weighted by molar-refractivity contribution is 0.294. The Bertz CT molecular complexity index is 236. The Morgan fingerprint density at radius 1 is 1.23 bits per heavy atom. The van der Waals surface area contributed by atoms with Gasteiger partial charge in [-0.05, 0) is 19.8 Å². The van der Waals surface area contributed by atoms with Gasteiger partial charge >= 0.3 is 0 Å². The van der Waals surface area contributed by atoms with Gasteiger partial charge in [-0.15, -0.1) is 0 Å². The molecule has 0 aliphatic heterocycles. The molecule has 0 spiro atoms. The van der Waals surface area contributed by atoms with E-state index in [0.717, 1.165) is 0 Å². The van der Waals surface area contributed by atoms with Crippen molar-refractivity contribution in [2.75, 3.05) is 6.61 Å². The molecule has 80 valence electrons. The Balaban J connectivity index is 4.35. The molecule has 2 atom stereocenters. The molecule has 0 bridgehead atoms. The third kappa shape index (κ3) is 4.06. The zero-order valence-electron chi connectivity index (χ0n) is 8.61. The lowest BCUT2D eigenvalue weighted by Gasteiger charge is -2.19. The molecule has 13 heavy (non-hydrogen) atoms. The van der Waals surface area contributed by atoms with Crippen LogP contribution in [0.25, 0.3) is 0 Å². The second kappa shape index (κ2) is 4.93. The van der Waals surface area contributed by atoms with Gasteiger partial charge < -0.3 is 5.11 Å². The molecule has 0 aliphatic carbocycles. The summed E-state index contributed by atoms with van der Waals surface area (Å²) in [5.74, 6) is 0.251. The van der Waals surface area contributed by atoms with Gasteiger partial charge in [-0.3, -0.25) is 0 Å². The fourth-order valence-corrected chi connectivity index (χ4v) is 1.83. The van der Waals surface area contributed by atoms with Crippen molar-refractivity contribution in [2.24, 2.45) is 5.92 Å². The van der Waals surface area contributed by atoms with E-state index in [9.17, 15) is 8.42 Å². The molecule has 2 N–H and O–H groups in total. The fraction of sp³-hybridized carbons (Fsp3) is 1.00. The number of hydrogen-bond donors (Lipinski definition) is 2. The van der Waals surface area contributed by atoms with Crippen LogP contribution in [-0.2, 0) is 10.0 Å². The highest BCUT2D eigenvalue weighted by Gasteiger charge is 2.22. The van der Waals surface area contributed by atoms with Crippen molar-refractivity contribution in [1.29, 1.82) is 0 Å². The molecule has 0 saturated carbocycles. The summed E-state index contributed by atoms with van der Waals surface area (Å²) in [4.78, 5) is 0. The summed E-state index contributed by atoms with van der Waals surface area (Å²) < 4.78 is 25.3. The van der Waals surface area contributed by atoms with Crippen LogP contribution in [0.1, 0.15) is 27.7 Å². The van der Waals surface area contributed by atoms with Gasteiger partial charge in [0.05, 0.1) is 11.9 Å². The predicted molar refractivity (Wildman–Crippen MR) is 52.9 cm³/mol. The number of aliphatic hydroxyl groups excluding tert-OH is 1. The van der Waals surface area contributed by atoms with E-state index in [4.69, 9.17) is 5.11 Å². The molecule has 0 aromatic carbocycles. The minimum Gasteiger partial charge on any atom is -0.395 e. The average molecular weight is 209 g/mol. The quantitative estimate of drug-likeness (QED) is 0.686. The van der Waals surface area contributed by atoms with E-state index < -0.39 is 15.3 Å². The Labute approximate surface area is 80.4 Å². The summed E-state index contributed by atoms with van der Waals surface area (Å²) in [6, 6.07) is -0.0981. The number of rotatable bonds is 5. The van der Waals surface area contributed by atoms with Gasteiger partial charge in [0.15, 0.2) is 0 Å². The third-order valence-electron chi connectivity index (χ3n) is 2.14. The molecule has 0 aromatic heterocycles. The van der Waals surface area contributed by atoms with E-state index in [0.29, 0.717) is 0 Å². The first-order valence-corrected chi connectivity index (χ1v) is 5.98. The van der Waals surface area contributed by atoms with E-state index in [-0.39, 0.29) is 18.6 Å². The molecular formula is C8H19NO3S. The molecular weight excluding hydrogens is 190 g/mol. The first kappa shape index (κ1) is 12.9. The summed E-state index contributed by atoms with van der Waals surface area (Å²) in [7, 11) is -3.35. The topological polar surface area (TPSA) is 66.4 Å². The number of aliphatic hydroxyl groups is 1. The molecule has 0 heterocycles. The second-order valence-corrected chi connectivity index (χ2v) is 5.82. The lowest BCUT2D eigenvalue weighted by atomic mass is 10.1. The number of hydrogen-bond acceptors (Lipinski definition) is 3. The standard InChI is InChI=1S/C8H19NO3S/c1-6(2)8(4)9-13(11,12)7(3)5-10/h6-10H,5H2,1-4H3. The van der Waals surface area contributed by atoms with E-state index in [1.54, 1.807) is 0 Å². The molecule has 0 aromatic rings. The van der Waals surface area contributed by atoms with Crippen LogP contribution in [0.3, 0.4) is 0 Å². The summed E-state index contributed by atoms with van der Waals surface area (Å²) in [5, 5.41) is 7.96. The summed E-state index contributed by atoms with van der Waals surface area (Å²) >= 11 is 0. The highest BCUT2D eigenvalue weighted by atomic mass is 32.2. The van der Waals surface area contributed by atoms with E-state index in [1.807, 2.05) is 20.8 Å². The van der Waals surface area contributed by atoms with Crippen LogP contribution in [0.4, 0.5) is 0 Å². The van der Waals surface area contributed by atoms with Crippen LogP contribution < -0.4 is 4.72 Å². The Kier molecular flexibility index (Phi) is 4.88. The Morgan fingerprint density at radius 2 is 1.69 bits per heavy atom. The average Bonchev–Trinajstić information content (AvgIpc) is 2.01. The van der Waals surface area contributed by atoms with Crippen molar-refractivity contribution < 1.29 is 13.5 Å². The van der Waals surface area contributed by atoms with Crippen molar-refractivity contribution in [3.8, 4) is 0 Å². The SMILES string of the molecule is CC(C)C(C)NS(=O)(=O)C(C)CO.